The Bertz CT molecular complexity index is 1310. The molecule has 0 atom stereocenters. The lowest BCUT2D eigenvalue weighted by molar-refractivity contribution is -0.138. The van der Waals surface area contributed by atoms with Gasteiger partial charge in [-0.1, -0.05) is 19.3 Å². The van der Waals surface area contributed by atoms with Crippen molar-refractivity contribution in [2.45, 2.75) is 71.4 Å². The van der Waals surface area contributed by atoms with Gasteiger partial charge in [-0.2, -0.15) is 10.4 Å². The molecular formula is C26H31N5O4. The third-order valence-corrected chi connectivity index (χ3v) is 6.82. The zero-order chi connectivity index (χ0) is 25.3. The summed E-state index contributed by atoms with van der Waals surface area (Å²) < 4.78 is 12.9. The normalized spacial score (nSPS) is 15.2. The highest BCUT2D eigenvalue weighted by molar-refractivity contribution is 6.04. The van der Waals surface area contributed by atoms with E-state index in [1.54, 1.807) is 24.0 Å². The predicted octanol–water partition coefficient (Wildman–Crippen LogP) is 4.73. The second-order valence-electron chi connectivity index (χ2n) is 9.54. The summed E-state index contributed by atoms with van der Waals surface area (Å²) in [6.07, 6.45) is 5.71. The van der Waals surface area contributed by atoms with Gasteiger partial charge in [0.15, 0.2) is 12.3 Å². The van der Waals surface area contributed by atoms with E-state index in [0.29, 0.717) is 35.3 Å². The molecule has 0 radical (unpaired) electrons. The van der Waals surface area contributed by atoms with Gasteiger partial charge >= 0.3 is 5.97 Å². The topological polar surface area (TPSA) is 114 Å². The second-order valence-corrected chi connectivity index (χ2v) is 9.54. The van der Waals surface area contributed by atoms with Gasteiger partial charge in [0.1, 0.15) is 17.1 Å². The summed E-state index contributed by atoms with van der Waals surface area (Å²) in [6.45, 7) is 7.22. The first-order chi connectivity index (χ1) is 16.7. The van der Waals surface area contributed by atoms with Crippen LogP contribution in [0.3, 0.4) is 0 Å². The van der Waals surface area contributed by atoms with Crippen molar-refractivity contribution in [2.75, 3.05) is 13.7 Å². The lowest BCUT2D eigenvalue weighted by Crippen LogP contribution is -2.51. The fourth-order valence-electron chi connectivity index (χ4n) is 4.79. The molecule has 1 amide bonds. The van der Waals surface area contributed by atoms with Crippen LogP contribution in [0.4, 0.5) is 0 Å². The number of carbonyl (C=O) groups is 2. The number of nitriles is 1. The minimum atomic E-state index is -0.839. The van der Waals surface area contributed by atoms with E-state index >= 15 is 0 Å². The molecule has 3 aromatic rings. The lowest BCUT2D eigenvalue weighted by atomic mass is 9.81. The molecule has 9 nitrogen and oxygen atoms in total. The first kappa shape index (κ1) is 24.5. The number of hydrogen-bond acceptors (Lipinski definition) is 7. The smallest absolute Gasteiger partial charge is 0.339 e. The molecule has 0 unspecified atom stereocenters. The van der Waals surface area contributed by atoms with Crippen molar-refractivity contribution in [3.63, 3.8) is 0 Å². The van der Waals surface area contributed by atoms with E-state index in [0.717, 1.165) is 30.6 Å². The molecule has 3 aromatic heterocycles. The second kappa shape index (κ2) is 9.53. The lowest BCUT2D eigenvalue weighted by Gasteiger charge is -2.38. The third-order valence-electron chi connectivity index (χ3n) is 6.82. The molecular weight excluding hydrogens is 446 g/mol. The van der Waals surface area contributed by atoms with Crippen LogP contribution in [0.1, 0.15) is 73.9 Å². The number of pyridine rings is 1. The molecule has 1 saturated carbocycles. The maximum absolute atomic E-state index is 13.2. The number of rotatable bonds is 6. The molecule has 0 bridgehead atoms. The Labute approximate surface area is 204 Å². The Morgan fingerprint density at radius 2 is 1.97 bits per heavy atom. The van der Waals surface area contributed by atoms with Crippen molar-refractivity contribution in [1.29, 1.82) is 5.26 Å². The number of amides is 1. The van der Waals surface area contributed by atoms with Gasteiger partial charge in [0, 0.05) is 18.7 Å². The summed E-state index contributed by atoms with van der Waals surface area (Å²) >= 11 is 0. The number of furan rings is 1. The van der Waals surface area contributed by atoms with E-state index in [4.69, 9.17) is 14.1 Å². The zero-order valence-electron chi connectivity index (χ0n) is 20.9. The minimum absolute atomic E-state index is 0.0270. The molecule has 184 valence electrons. The Balaban J connectivity index is 1.63. The molecule has 0 spiro atoms. The molecule has 0 N–H and O–H groups in total. The molecule has 1 aliphatic carbocycles. The summed E-state index contributed by atoms with van der Waals surface area (Å²) in [6, 6.07) is 5.88. The molecule has 0 aliphatic heterocycles. The predicted molar refractivity (Wildman–Crippen MR) is 130 cm³/mol. The van der Waals surface area contributed by atoms with Crippen molar-refractivity contribution in [1.82, 2.24) is 19.7 Å². The molecule has 9 heteroatoms. The summed E-state index contributed by atoms with van der Waals surface area (Å²) in [5, 5.41) is 14.7. The highest BCUT2D eigenvalue weighted by atomic mass is 16.5. The number of nitrogens with zero attached hydrogens (tertiary/aromatic N) is 5. The summed E-state index contributed by atoms with van der Waals surface area (Å²) in [5.74, 6) is 0.391. The van der Waals surface area contributed by atoms with Crippen LogP contribution in [0.5, 0.6) is 0 Å². The SMILES string of the molecule is Cc1cc(-c2cc(C(=O)OCC(=O)N(C)C3(C#N)CCCCC3)c3cnn(C(C)C)c3n2)c(C)o1. The number of aromatic nitrogens is 3. The number of carbonyl (C=O) groups excluding carboxylic acids is 2. The maximum atomic E-state index is 13.2. The van der Waals surface area contributed by atoms with Crippen LogP contribution in [0.2, 0.25) is 0 Å². The Kier molecular flexibility index (Phi) is 6.66. The van der Waals surface area contributed by atoms with E-state index in [1.165, 1.54) is 4.90 Å². The Morgan fingerprint density at radius 3 is 2.57 bits per heavy atom. The van der Waals surface area contributed by atoms with Crippen molar-refractivity contribution in [2.24, 2.45) is 0 Å². The molecule has 4 rings (SSSR count). The highest BCUT2D eigenvalue weighted by Crippen LogP contribution is 2.33. The van der Waals surface area contributed by atoms with Crippen LogP contribution in [0.25, 0.3) is 22.3 Å². The van der Waals surface area contributed by atoms with Gasteiger partial charge in [0.25, 0.3) is 5.91 Å². The van der Waals surface area contributed by atoms with Gasteiger partial charge < -0.3 is 14.1 Å². The van der Waals surface area contributed by atoms with E-state index in [-0.39, 0.29) is 11.6 Å². The van der Waals surface area contributed by atoms with E-state index in [2.05, 4.69) is 11.2 Å². The summed E-state index contributed by atoms with van der Waals surface area (Å²) in [4.78, 5) is 32.3. The maximum Gasteiger partial charge on any atom is 0.339 e. The fourth-order valence-corrected chi connectivity index (χ4v) is 4.79. The van der Waals surface area contributed by atoms with Crippen LogP contribution in [-0.4, -0.2) is 50.7 Å². The van der Waals surface area contributed by atoms with E-state index < -0.39 is 24.0 Å². The van der Waals surface area contributed by atoms with Crippen LogP contribution < -0.4 is 0 Å². The fraction of sp³-hybridized carbons (Fsp3) is 0.500. The van der Waals surface area contributed by atoms with Gasteiger partial charge in [0.05, 0.1) is 28.9 Å². The molecule has 35 heavy (non-hydrogen) atoms. The molecule has 0 aromatic carbocycles. The monoisotopic (exact) mass is 477 g/mol. The third kappa shape index (κ3) is 4.53. The molecule has 3 heterocycles. The summed E-state index contributed by atoms with van der Waals surface area (Å²) in [5.41, 5.74) is 1.33. The van der Waals surface area contributed by atoms with E-state index in [1.807, 2.05) is 33.8 Å². The first-order valence-electron chi connectivity index (χ1n) is 12.0. The van der Waals surface area contributed by atoms with Crippen LogP contribution in [-0.2, 0) is 9.53 Å². The molecule has 1 fully saturated rings. The van der Waals surface area contributed by atoms with Gasteiger partial charge in [-0.25, -0.2) is 14.5 Å². The number of likely N-dealkylation sites (N-methyl/N-ethyl adjacent to an activating group) is 1. The van der Waals surface area contributed by atoms with Crippen molar-refractivity contribution in [3.05, 3.63) is 35.4 Å². The largest absolute Gasteiger partial charge is 0.466 e. The van der Waals surface area contributed by atoms with Crippen molar-refractivity contribution >= 4 is 22.9 Å². The quantitative estimate of drug-likeness (QED) is 0.471. The van der Waals surface area contributed by atoms with Gasteiger partial charge in [-0.3, -0.25) is 4.79 Å². The van der Waals surface area contributed by atoms with Crippen molar-refractivity contribution in [3.8, 4) is 17.3 Å². The Hall–Kier alpha value is -3.67. The van der Waals surface area contributed by atoms with E-state index in [9.17, 15) is 14.9 Å². The average molecular weight is 478 g/mol. The first-order valence-corrected chi connectivity index (χ1v) is 12.0. The zero-order valence-corrected chi connectivity index (χ0v) is 20.9. The number of ether oxygens (including phenoxy) is 1. The number of hydrogen-bond donors (Lipinski definition) is 0. The Morgan fingerprint density at radius 1 is 1.26 bits per heavy atom. The van der Waals surface area contributed by atoms with Crippen LogP contribution in [0.15, 0.2) is 22.7 Å². The van der Waals surface area contributed by atoms with Crippen LogP contribution >= 0.6 is 0 Å². The van der Waals surface area contributed by atoms with Crippen molar-refractivity contribution < 1.29 is 18.7 Å². The van der Waals surface area contributed by atoms with Gasteiger partial charge in [-0.15, -0.1) is 0 Å². The summed E-state index contributed by atoms with van der Waals surface area (Å²) in [7, 11) is 1.62. The van der Waals surface area contributed by atoms with Crippen LogP contribution in [0, 0.1) is 25.2 Å². The van der Waals surface area contributed by atoms with Gasteiger partial charge in [0.2, 0.25) is 0 Å². The molecule has 0 saturated heterocycles. The average Bonchev–Trinajstić information content (AvgIpc) is 3.43. The number of esters is 1. The molecule has 1 aliphatic rings. The standard InChI is InChI=1S/C26H31N5O4/c1-16(2)31-24-21(13-28-31)20(12-22(29-24)19-11-17(3)35-18(19)4)25(33)34-14-23(32)30(5)26(15-27)9-7-6-8-10-26/h11-13,16H,6-10,14H2,1-5H3. The number of fused-ring (bicyclic) bond motifs is 1. The minimum Gasteiger partial charge on any atom is -0.466 e. The number of aryl methyl sites for hydroxylation is 2. The highest BCUT2D eigenvalue weighted by Gasteiger charge is 2.39. The van der Waals surface area contributed by atoms with Gasteiger partial charge in [-0.05, 0) is 52.7 Å².